The fourth-order valence-electron chi connectivity index (χ4n) is 3.22. The van der Waals surface area contributed by atoms with Crippen molar-refractivity contribution < 1.29 is 9.84 Å². The van der Waals surface area contributed by atoms with Gasteiger partial charge in [-0.25, -0.2) is 0 Å². The summed E-state index contributed by atoms with van der Waals surface area (Å²) in [5, 5.41) is 9.55. The number of aliphatic hydroxyl groups is 1. The molecule has 3 rings (SSSR count). The molecule has 5 heteroatoms. The van der Waals surface area contributed by atoms with Crippen LogP contribution in [-0.2, 0) is 13.2 Å². The van der Waals surface area contributed by atoms with Crippen molar-refractivity contribution in [2.75, 3.05) is 13.2 Å². The molecule has 2 heterocycles. The lowest BCUT2D eigenvalue weighted by Crippen LogP contribution is -2.23. The molecular weight excluding hydrogens is 290 g/mol. The Hall–Kier alpha value is -1.98. The van der Waals surface area contributed by atoms with E-state index in [0.29, 0.717) is 12.6 Å². The van der Waals surface area contributed by atoms with Crippen LogP contribution in [0.15, 0.2) is 36.8 Å². The first-order valence-electron chi connectivity index (χ1n) is 8.17. The van der Waals surface area contributed by atoms with Crippen LogP contribution in [0.4, 0.5) is 0 Å². The molecule has 1 aromatic carbocycles. The van der Waals surface area contributed by atoms with E-state index in [0.717, 1.165) is 36.5 Å². The molecule has 0 bridgehead atoms. The van der Waals surface area contributed by atoms with Crippen LogP contribution in [0.3, 0.4) is 0 Å². The van der Waals surface area contributed by atoms with Gasteiger partial charge in [0.25, 0.3) is 0 Å². The van der Waals surface area contributed by atoms with E-state index in [9.17, 15) is 5.11 Å². The van der Waals surface area contributed by atoms with E-state index < -0.39 is 0 Å². The van der Waals surface area contributed by atoms with Crippen molar-refractivity contribution in [3.8, 4) is 5.75 Å². The first kappa shape index (κ1) is 15.9. The zero-order chi connectivity index (χ0) is 16.1. The van der Waals surface area contributed by atoms with Gasteiger partial charge in [-0.1, -0.05) is 6.07 Å². The van der Waals surface area contributed by atoms with E-state index in [1.807, 2.05) is 25.3 Å². The summed E-state index contributed by atoms with van der Waals surface area (Å²) < 4.78 is 5.55. The Labute approximate surface area is 137 Å². The highest BCUT2D eigenvalue weighted by Gasteiger charge is 2.27. The molecule has 23 heavy (non-hydrogen) atoms. The molecule has 1 saturated heterocycles. The zero-order valence-electron chi connectivity index (χ0n) is 13.5. The molecule has 0 radical (unpaired) electrons. The van der Waals surface area contributed by atoms with Crippen LogP contribution >= 0.6 is 0 Å². The third-order valence-corrected chi connectivity index (χ3v) is 4.27. The summed E-state index contributed by atoms with van der Waals surface area (Å²) in [7, 11) is 0. The van der Waals surface area contributed by atoms with Gasteiger partial charge >= 0.3 is 0 Å². The number of benzene rings is 1. The van der Waals surface area contributed by atoms with Gasteiger partial charge in [-0.15, -0.1) is 0 Å². The normalized spacial score (nSPS) is 18.3. The minimum absolute atomic E-state index is 0.00321. The number of rotatable bonds is 6. The first-order valence-corrected chi connectivity index (χ1v) is 8.17. The van der Waals surface area contributed by atoms with E-state index in [-0.39, 0.29) is 6.61 Å². The number of aromatic nitrogens is 2. The number of nitrogens with zero attached hydrogens (tertiary/aromatic N) is 3. The van der Waals surface area contributed by atoms with Gasteiger partial charge in [0, 0.05) is 30.7 Å². The molecule has 0 saturated carbocycles. The molecule has 1 N–H and O–H groups in total. The van der Waals surface area contributed by atoms with Gasteiger partial charge in [0.2, 0.25) is 0 Å². The largest absolute Gasteiger partial charge is 0.494 e. The number of hydrogen-bond donors (Lipinski definition) is 1. The van der Waals surface area contributed by atoms with Crippen molar-refractivity contribution in [2.24, 2.45) is 0 Å². The number of aliphatic hydroxyl groups excluding tert-OH is 1. The van der Waals surface area contributed by atoms with E-state index >= 15 is 0 Å². The minimum Gasteiger partial charge on any atom is -0.494 e. The molecule has 1 aliphatic heterocycles. The molecule has 0 spiro atoms. The van der Waals surface area contributed by atoms with Gasteiger partial charge in [0.1, 0.15) is 5.75 Å². The Morgan fingerprint density at radius 2 is 2.26 bits per heavy atom. The minimum atomic E-state index is -0.00321. The lowest BCUT2D eigenvalue weighted by Gasteiger charge is -2.24. The summed E-state index contributed by atoms with van der Waals surface area (Å²) in [4.78, 5) is 11.1. The third-order valence-electron chi connectivity index (χ3n) is 4.27. The predicted molar refractivity (Wildman–Crippen MR) is 88.0 cm³/mol. The van der Waals surface area contributed by atoms with Crippen molar-refractivity contribution >= 4 is 0 Å². The maximum atomic E-state index is 9.55. The van der Waals surface area contributed by atoms with Gasteiger partial charge in [0.05, 0.1) is 24.9 Å². The Balaban J connectivity index is 1.75. The SMILES string of the molecule is CCOc1ccc(CN2CCC[C@@H]2c2cnccn2)cc1CO. The molecule has 1 atom stereocenters. The van der Waals surface area contributed by atoms with Crippen molar-refractivity contribution in [1.29, 1.82) is 0 Å². The van der Waals surface area contributed by atoms with E-state index in [1.54, 1.807) is 12.4 Å². The van der Waals surface area contributed by atoms with Crippen LogP contribution in [0, 0.1) is 0 Å². The van der Waals surface area contributed by atoms with Crippen LogP contribution in [-0.4, -0.2) is 33.1 Å². The van der Waals surface area contributed by atoms with Crippen LogP contribution in [0.2, 0.25) is 0 Å². The van der Waals surface area contributed by atoms with Gasteiger partial charge in [0.15, 0.2) is 0 Å². The topological polar surface area (TPSA) is 58.5 Å². The molecule has 0 aliphatic carbocycles. The van der Waals surface area contributed by atoms with Crippen LogP contribution in [0.5, 0.6) is 5.75 Å². The summed E-state index contributed by atoms with van der Waals surface area (Å²) in [5.74, 6) is 0.769. The summed E-state index contributed by atoms with van der Waals surface area (Å²) in [6.07, 6.45) is 7.61. The Morgan fingerprint density at radius 1 is 1.35 bits per heavy atom. The highest BCUT2D eigenvalue weighted by atomic mass is 16.5. The fraction of sp³-hybridized carbons (Fsp3) is 0.444. The molecule has 5 nitrogen and oxygen atoms in total. The lowest BCUT2D eigenvalue weighted by atomic mass is 10.1. The van der Waals surface area contributed by atoms with E-state index in [4.69, 9.17) is 4.74 Å². The Morgan fingerprint density at radius 3 is 3.00 bits per heavy atom. The van der Waals surface area contributed by atoms with Crippen LogP contribution in [0.25, 0.3) is 0 Å². The molecule has 1 aromatic heterocycles. The number of hydrogen-bond acceptors (Lipinski definition) is 5. The van der Waals surface area contributed by atoms with Crippen molar-refractivity contribution in [1.82, 2.24) is 14.9 Å². The van der Waals surface area contributed by atoms with Crippen LogP contribution < -0.4 is 4.74 Å². The second kappa shape index (κ2) is 7.53. The highest BCUT2D eigenvalue weighted by molar-refractivity contribution is 5.37. The quantitative estimate of drug-likeness (QED) is 0.888. The Kier molecular flexibility index (Phi) is 5.20. The molecule has 0 amide bonds. The van der Waals surface area contributed by atoms with E-state index in [2.05, 4.69) is 20.9 Å². The average Bonchev–Trinajstić information content (AvgIpc) is 3.05. The second-order valence-corrected chi connectivity index (χ2v) is 5.79. The van der Waals surface area contributed by atoms with Crippen molar-refractivity contribution in [2.45, 2.75) is 39.0 Å². The standard InChI is InChI=1S/C18H23N3O2/c1-2-23-18-6-5-14(10-15(18)13-22)12-21-9-3-4-17(21)16-11-19-7-8-20-16/h5-8,10-11,17,22H,2-4,9,12-13H2,1H3/t17-/m1/s1. The monoisotopic (exact) mass is 313 g/mol. The van der Waals surface area contributed by atoms with Crippen molar-refractivity contribution in [3.63, 3.8) is 0 Å². The van der Waals surface area contributed by atoms with Gasteiger partial charge < -0.3 is 9.84 Å². The lowest BCUT2D eigenvalue weighted by molar-refractivity contribution is 0.242. The van der Waals surface area contributed by atoms with Gasteiger partial charge in [-0.05, 0) is 44.0 Å². The second-order valence-electron chi connectivity index (χ2n) is 5.79. The molecule has 122 valence electrons. The molecule has 1 fully saturated rings. The summed E-state index contributed by atoms with van der Waals surface area (Å²) in [6, 6.07) is 6.40. The van der Waals surface area contributed by atoms with Crippen LogP contribution in [0.1, 0.15) is 42.6 Å². The van der Waals surface area contributed by atoms with Gasteiger partial charge in [-0.3, -0.25) is 14.9 Å². The highest BCUT2D eigenvalue weighted by Crippen LogP contribution is 2.32. The molecule has 1 aliphatic rings. The number of likely N-dealkylation sites (tertiary alicyclic amines) is 1. The average molecular weight is 313 g/mol. The summed E-state index contributed by atoms with van der Waals surface area (Å²) >= 11 is 0. The number of ether oxygens (including phenoxy) is 1. The smallest absolute Gasteiger partial charge is 0.124 e. The van der Waals surface area contributed by atoms with Gasteiger partial charge in [-0.2, -0.15) is 0 Å². The summed E-state index contributed by atoms with van der Waals surface area (Å²) in [6.45, 7) is 4.46. The first-order chi connectivity index (χ1) is 11.3. The van der Waals surface area contributed by atoms with Crippen molar-refractivity contribution in [3.05, 3.63) is 53.6 Å². The molecule has 2 aromatic rings. The maximum absolute atomic E-state index is 9.55. The maximum Gasteiger partial charge on any atom is 0.124 e. The molecule has 0 unspecified atom stereocenters. The zero-order valence-corrected chi connectivity index (χ0v) is 13.5. The fourth-order valence-corrected chi connectivity index (χ4v) is 3.22. The summed E-state index contributed by atoms with van der Waals surface area (Å²) in [5.41, 5.74) is 3.08. The third kappa shape index (κ3) is 3.68. The molecular formula is C18H23N3O2. The Bertz CT molecular complexity index is 633. The van der Waals surface area contributed by atoms with E-state index in [1.165, 1.54) is 12.0 Å². The predicted octanol–water partition coefficient (Wildman–Crippen LogP) is 2.70.